The van der Waals surface area contributed by atoms with Gasteiger partial charge in [-0.2, -0.15) is 0 Å². The topological polar surface area (TPSA) is 59.3 Å². The van der Waals surface area contributed by atoms with E-state index in [1.165, 1.54) is 17.8 Å². The highest BCUT2D eigenvalue weighted by Gasteiger charge is 2.10. The van der Waals surface area contributed by atoms with Crippen LogP contribution in [0.1, 0.15) is 32.6 Å². The molecule has 0 saturated carbocycles. The Morgan fingerprint density at radius 2 is 1.80 bits per heavy atom. The number of carbonyl (C=O) groups is 1. The van der Waals surface area contributed by atoms with Crippen molar-refractivity contribution in [2.45, 2.75) is 27.3 Å². The first-order chi connectivity index (χ1) is 9.38. The molecule has 1 aromatic carbocycles. The van der Waals surface area contributed by atoms with Gasteiger partial charge in [0.15, 0.2) is 5.43 Å². The largest absolute Gasteiger partial charge is 0.477 e. The predicted octanol–water partition coefficient (Wildman–Crippen LogP) is 2.52. The molecule has 1 N–H and O–H groups in total. The molecule has 20 heavy (non-hydrogen) atoms. The highest BCUT2D eigenvalue weighted by Crippen LogP contribution is 2.17. The fourth-order valence-electron chi connectivity index (χ4n) is 2.43. The van der Waals surface area contributed by atoms with Crippen LogP contribution in [0, 0.1) is 20.8 Å². The standard InChI is InChI=1S/C16H17NO3/c1-10-6-11(2)13(12(3)7-10)8-17-5-4-15(18)14(9-17)16(19)20/h4-7,9H,8H2,1-3H3,(H,19,20). The Labute approximate surface area is 117 Å². The Hall–Kier alpha value is -2.36. The lowest BCUT2D eigenvalue weighted by molar-refractivity contribution is 0.0694. The van der Waals surface area contributed by atoms with Crippen LogP contribution in [-0.4, -0.2) is 15.6 Å². The Bertz CT molecular complexity index is 706. The number of carboxylic acid groups (broad SMARTS) is 1. The number of carboxylic acids is 1. The smallest absolute Gasteiger partial charge is 0.341 e. The second kappa shape index (κ2) is 5.33. The molecule has 0 atom stereocenters. The van der Waals surface area contributed by atoms with Crippen molar-refractivity contribution in [1.82, 2.24) is 4.57 Å². The molecule has 0 aliphatic heterocycles. The third-order valence-corrected chi connectivity index (χ3v) is 3.39. The highest BCUT2D eigenvalue weighted by molar-refractivity contribution is 5.86. The van der Waals surface area contributed by atoms with Crippen LogP contribution in [0.2, 0.25) is 0 Å². The summed E-state index contributed by atoms with van der Waals surface area (Å²) >= 11 is 0. The van der Waals surface area contributed by atoms with E-state index in [1.54, 1.807) is 10.8 Å². The van der Waals surface area contributed by atoms with E-state index in [1.807, 2.05) is 20.8 Å². The molecule has 0 radical (unpaired) electrons. The van der Waals surface area contributed by atoms with Gasteiger partial charge in [0.1, 0.15) is 5.56 Å². The molecule has 0 spiro atoms. The third-order valence-electron chi connectivity index (χ3n) is 3.39. The van der Waals surface area contributed by atoms with Crippen molar-refractivity contribution < 1.29 is 9.90 Å². The van der Waals surface area contributed by atoms with Crippen molar-refractivity contribution in [2.24, 2.45) is 0 Å². The maximum atomic E-state index is 11.4. The Balaban J connectivity index is 2.43. The molecule has 0 aliphatic rings. The lowest BCUT2D eigenvalue weighted by Crippen LogP contribution is -2.17. The van der Waals surface area contributed by atoms with Crippen LogP contribution in [0.4, 0.5) is 0 Å². The zero-order valence-corrected chi connectivity index (χ0v) is 11.8. The summed E-state index contributed by atoms with van der Waals surface area (Å²) in [5.74, 6) is -1.19. The maximum absolute atomic E-state index is 11.4. The molecule has 0 fully saturated rings. The van der Waals surface area contributed by atoms with E-state index < -0.39 is 11.4 Å². The average molecular weight is 271 g/mol. The number of hydrogen-bond acceptors (Lipinski definition) is 2. The molecule has 2 aromatic rings. The maximum Gasteiger partial charge on any atom is 0.341 e. The molecule has 0 bridgehead atoms. The molecular weight excluding hydrogens is 254 g/mol. The van der Waals surface area contributed by atoms with Gasteiger partial charge in [-0.3, -0.25) is 4.79 Å². The normalized spacial score (nSPS) is 10.6. The summed E-state index contributed by atoms with van der Waals surface area (Å²) in [5.41, 5.74) is 4.02. The van der Waals surface area contributed by atoms with Gasteiger partial charge in [0.25, 0.3) is 0 Å². The molecule has 0 amide bonds. The van der Waals surface area contributed by atoms with Crippen LogP contribution >= 0.6 is 0 Å². The minimum Gasteiger partial charge on any atom is -0.477 e. The van der Waals surface area contributed by atoms with Gasteiger partial charge in [-0.05, 0) is 37.5 Å². The first kappa shape index (κ1) is 14.1. The molecule has 4 nitrogen and oxygen atoms in total. The number of aryl methyl sites for hydroxylation is 3. The van der Waals surface area contributed by atoms with E-state index in [-0.39, 0.29) is 5.56 Å². The number of benzene rings is 1. The fourth-order valence-corrected chi connectivity index (χ4v) is 2.43. The van der Waals surface area contributed by atoms with Gasteiger partial charge in [-0.15, -0.1) is 0 Å². The summed E-state index contributed by atoms with van der Waals surface area (Å²) in [6.07, 6.45) is 3.01. The van der Waals surface area contributed by atoms with Crippen LogP contribution in [0.3, 0.4) is 0 Å². The van der Waals surface area contributed by atoms with Crippen LogP contribution < -0.4 is 5.43 Å². The number of hydrogen-bond donors (Lipinski definition) is 1. The number of aromatic carboxylic acids is 1. The van der Waals surface area contributed by atoms with Crippen LogP contribution in [0.15, 0.2) is 35.4 Å². The fraction of sp³-hybridized carbons (Fsp3) is 0.250. The van der Waals surface area contributed by atoms with Crippen molar-refractivity contribution in [3.63, 3.8) is 0 Å². The molecule has 1 heterocycles. The number of nitrogens with zero attached hydrogens (tertiary/aromatic N) is 1. The summed E-state index contributed by atoms with van der Waals surface area (Å²) < 4.78 is 1.73. The van der Waals surface area contributed by atoms with Gasteiger partial charge in [0, 0.05) is 25.0 Å². The van der Waals surface area contributed by atoms with Crippen LogP contribution in [-0.2, 0) is 6.54 Å². The molecule has 0 aliphatic carbocycles. The molecule has 1 aromatic heterocycles. The van der Waals surface area contributed by atoms with E-state index >= 15 is 0 Å². The van der Waals surface area contributed by atoms with Gasteiger partial charge in [0.05, 0.1) is 0 Å². The second-order valence-corrected chi connectivity index (χ2v) is 5.08. The summed E-state index contributed by atoms with van der Waals surface area (Å²) in [7, 11) is 0. The van der Waals surface area contributed by atoms with Gasteiger partial charge >= 0.3 is 5.97 Å². The zero-order valence-electron chi connectivity index (χ0n) is 11.8. The Morgan fingerprint density at radius 1 is 1.20 bits per heavy atom. The SMILES string of the molecule is Cc1cc(C)c(Cn2ccc(=O)c(C(=O)O)c2)c(C)c1. The van der Waals surface area contributed by atoms with Gasteiger partial charge in [0.2, 0.25) is 0 Å². The molecule has 4 heteroatoms. The number of pyridine rings is 1. The molecule has 2 rings (SSSR count). The molecular formula is C16H17NO3. The summed E-state index contributed by atoms with van der Waals surface area (Å²) in [6.45, 7) is 6.68. The van der Waals surface area contributed by atoms with E-state index in [9.17, 15) is 9.59 Å². The van der Waals surface area contributed by atoms with Crippen molar-refractivity contribution in [3.8, 4) is 0 Å². The monoisotopic (exact) mass is 271 g/mol. The van der Waals surface area contributed by atoms with Crippen molar-refractivity contribution in [1.29, 1.82) is 0 Å². The van der Waals surface area contributed by atoms with Gasteiger partial charge in [-0.25, -0.2) is 4.79 Å². The third kappa shape index (κ3) is 2.79. The van der Waals surface area contributed by atoms with Crippen LogP contribution in [0.5, 0.6) is 0 Å². The molecule has 0 unspecified atom stereocenters. The van der Waals surface area contributed by atoms with Crippen LogP contribution in [0.25, 0.3) is 0 Å². The summed E-state index contributed by atoms with van der Waals surface area (Å²) in [4.78, 5) is 22.4. The van der Waals surface area contributed by atoms with E-state index in [0.29, 0.717) is 6.54 Å². The summed E-state index contributed by atoms with van der Waals surface area (Å²) in [6, 6.07) is 5.49. The molecule has 104 valence electrons. The zero-order chi connectivity index (χ0) is 14.9. The first-order valence-electron chi connectivity index (χ1n) is 6.38. The number of rotatable bonds is 3. The van der Waals surface area contributed by atoms with Crippen molar-refractivity contribution in [3.05, 3.63) is 68.6 Å². The first-order valence-corrected chi connectivity index (χ1v) is 6.38. The van der Waals surface area contributed by atoms with E-state index in [0.717, 1.165) is 16.7 Å². The van der Waals surface area contributed by atoms with Crippen molar-refractivity contribution >= 4 is 5.97 Å². The summed E-state index contributed by atoms with van der Waals surface area (Å²) in [5, 5.41) is 8.99. The minimum atomic E-state index is -1.19. The second-order valence-electron chi connectivity index (χ2n) is 5.08. The predicted molar refractivity (Wildman–Crippen MR) is 77.4 cm³/mol. The minimum absolute atomic E-state index is 0.199. The van der Waals surface area contributed by atoms with E-state index in [4.69, 9.17) is 5.11 Å². The Kier molecular flexibility index (Phi) is 3.74. The molecule has 0 saturated heterocycles. The van der Waals surface area contributed by atoms with Gasteiger partial charge < -0.3 is 9.67 Å². The van der Waals surface area contributed by atoms with Gasteiger partial charge in [-0.1, -0.05) is 17.7 Å². The van der Waals surface area contributed by atoms with Crippen molar-refractivity contribution in [2.75, 3.05) is 0 Å². The quantitative estimate of drug-likeness (QED) is 0.933. The Morgan fingerprint density at radius 3 is 2.35 bits per heavy atom. The average Bonchev–Trinajstić information content (AvgIpc) is 2.35. The van der Waals surface area contributed by atoms with E-state index in [2.05, 4.69) is 12.1 Å². The lowest BCUT2D eigenvalue weighted by Gasteiger charge is -2.14. The lowest BCUT2D eigenvalue weighted by atomic mass is 10.00. The number of aromatic nitrogens is 1. The highest BCUT2D eigenvalue weighted by atomic mass is 16.4.